The number of anilines is 1. The summed E-state index contributed by atoms with van der Waals surface area (Å²) < 4.78 is 15.6. The van der Waals surface area contributed by atoms with E-state index in [0.717, 1.165) is 19.4 Å². The fourth-order valence-electron chi connectivity index (χ4n) is 3.10. The number of amides is 1. The van der Waals surface area contributed by atoms with Gasteiger partial charge in [-0.1, -0.05) is 0 Å². The number of rotatable bonds is 8. The Bertz CT molecular complexity index is 620. The Balaban J connectivity index is 1.86. The first-order valence-electron chi connectivity index (χ1n) is 8.98. The van der Waals surface area contributed by atoms with E-state index in [1.807, 2.05) is 6.92 Å². The topological polar surface area (TPSA) is 77.1 Å². The van der Waals surface area contributed by atoms with E-state index >= 15 is 0 Å². The fourth-order valence-corrected chi connectivity index (χ4v) is 3.10. The van der Waals surface area contributed by atoms with Gasteiger partial charge in [0.2, 0.25) is 5.91 Å². The van der Waals surface area contributed by atoms with Crippen LogP contribution >= 0.6 is 0 Å². The summed E-state index contributed by atoms with van der Waals surface area (Å²) in [6, 6.07) is 5.26. The average molecular weight is 364 g/mol. The Morgan fingerprint density at radius 3 is 2.77 bits per heavy atom. The zero-order chi connectivity index (χ0) is 18.9. The molecule has 144 valence electrons. The highest BCUT2D eigenvalue weighted by atomic mass is 16.5. The molecule has 26 heavy (non-hydrogen) atoms. The molecule has 0 radical (unpaired) electrons. The lowest BCUT2D eigenvalue weighted by Crippen LogP contribution is -2.40. The van der Waals surface area contributed by atoms with Gasteiger partial charge in [-0.15, -0.1) is 0 Å². The Labute approximate surface area is 154 Å². The van der Waals surface area contributed by atoms with Crippen molar-refractivity contribution in [1.82, 2.24) is 4.90 Å². The third-order valence-corrected chi connectivity index (χ3v) is 4.46. The molecular formula is C19H28N2O5. The molecule has 0 bridgehead atoms. The van der Waals surface area contributed by atoms with E-state index in [1.54, 1.807) is 32.4 Å². The second kappa shape index (κ2) is 10.0. The van der Waals surface area contributed by atoms with Crippen LogP contribution in [-0.4, -0.2) is 57.2 Å². The number of likely N-dealkylation sites (tertiary alicyclic amines) is 1. The van der Waals surface area contributed by atoms with Gasteiger partial charge in [-0.05, 0) is 38.4 Å². The van der Waals surface area contributed by atoms with E-state index < -0.39 is 0 Å². The van der Waals surface area contributed by atoms with Crippen LogP contribution in [0.4, 0.5) is 5.69 Å². The van der Waals surface area contributed by atoms with Gasteiger partial charge in [0.25, 0.3) is 0 Å². The molecule has 2 rings (SSSR count). The maximum absolute atomic E-state index is 12.3. The van der Waals surface area contributed by atoms with Gasteiger partial charge in [0, 0.05) is 25.6 Å². The van der Waals surface area contributed by atoms with E-state index in [0.29, 0.717) is 43.3 Å². The Morgan fingerprint density at radius 1 is 1.27 bits per heavy atom. The van der Waals surface area contributed by atoms with Gasteiger partial charge in [-0.2, -0.15) is 0 Å². The van der Waals surface area contributed by atoms with Crippen molar-refractivity contribution < 1.29 is 23.8 Å². The van der Waals surface area contributed by atoms with E-state index in [9.17, 15) is 9.59 Å². The monoisotopic (exact) mass is 364 g/mol. The van der Waals surface area contributed by atoms with Gasteiger partial charge in [0.15, 0.2) is 0 Å². The number of nitrogens with zero attached hydrogens (tertiary/aromatic N) is 1. The highest BCUT2D eigenvalue weighted by Crippen LogP contribution is 2.29. The SMILES string of the molecule is CCOC(=O)[C@@H]1CCCN(CCC(=O)Nc2cc(OC)ccc2OC)C1. The van der Waals surface area contributed by atoms with Crippen LogP contribution in [0.3, 0.4) is 0 Å². The minimum absolute atomic E-state index is 0.0924. The molecule has 1 saturated heterocycles. The third-order valence-electron chi connectivity index (χ3n) is 4.46. The van der Waals surface area contributed by atoms with Crippen LogP contribution in [0.15, 0.2) is 18.2 Å². The van der Waals surface area contributed by atoms with Crippen molar-refractivity contribution in [1.29, 1.82) is 0 Å². The highest BCUT2D eigenvalue weighted by molar-refractivity contribution is 5.92. The second-order valence-electron chi connectivity index (χ2n) is 6.26. The van der Waals surface area contributed by atoms with Crippen molar-refractivity contribution in [2.45, 2.75) is 26.2 Å². The smallest absolute Gasteiger partial charge is 0.310 e. The van der Waals surface area contributed by atoms with Crippen molar-refractivity contribution in [3.63, 3.8) is 0 Å². The molecule has 7 heteroatoms. The molecule has 0 aliphatic carbocycles. The van der Waals surface area contributed by atoms with Gasteiger partial charge in [0.1, 0.15) is 11.5 Å². The molecule has 0 aromatic heterocycles. The quantitative estimate of drug-likeness (QED) is 0.714. The first kappa shape index (κ1) is 20.0. The molecule has 0 unspecified atom stereocenters. The summed E-state index contributed by atoms with van der Waals surface area (Å²) in [7, 11) is 3.13. The zero-order valence-corrected chi connectivity index (χ0v) is 15.7. The molecule has 1 aliphatic heterocycles. The second-order valence-corrected chi connectivity index (χ2v) is 6.26. The predicted octanol–water partition coefficient (Wildman–Crippen LogP) is 2.31. The number of carbonyl (C=O) groups is 2. The number of benzene rings is 1. The molecule has 1 fully saturated rings. The van der Waals surface area contributed by atoms with Gasteiger partial charge in [0.05, 0.1) is 32.4 Å². The number of methoxy groups -OCH3 is 2. The number of hydrogen-bond donors (Lipinski definition) is 1. The highest BCUT2D eigenvalue weighted by Gasteiger charge is 2.26. The lowest BCUT2D eigenvalue weighted by Gasteiger charge is -2.31. The van der Waals surface area contributed by atoms with Crippen molar-refractivity contribution in [2.24, 2.45) is 5.92 Å². The Hall–Kier alpha value is -2.28. The normalized spacial score (nSPS) is 17.4. The van der Waals surface area contributed by atoms with Crippen LogP contribution in [0.25, 0.3) is 0 Å². The van der Waals surface area contributed by atoms with Crippen molar-refractivity contribution in [3.05, 3.63) is 18.2 Å². The van der Waals surface area contributed by atoms with Crippen LogP contribution in [0.5, 0.6) is 11.5 Å². The number of esters is 1. The van der Waals surface area contributed by atoms with Crippen LogP contribution < -0.4 is 14.8 Å². The van der Waals surface area contributed by atoms with Gasteiger partial charge >= 0.3 is 5.97 Å². The van der Waals surface area contributed by atoms with Gasteiger partial charge < -0.3 is 24.4 Å². The summed E-state index contributed by atoms with van der Waals surface area (Å²) in [6.45, 7) is 4.37. The fraction of sp³-hybridized carbons (Fsp3) is 0.579. The average Bonchev–Trinajstić information content (AvgIpc) is 2.66. The Kier molecular flexibility index (Phi) is 7.72. The summed E-state index contributed by atoms with van der Waals surface area (Å²) in [5.74, 6) is 0.900. The summed E-state index contributed by atoms with van der Waals surface area (Å²) >= 11 is 0. The first-order chi connectivity index (χ1) is 12.6. The molecule has 1 N–H and O–H groups in total. The van der Waals surface area contributed by atoms with E-state index in [1.165, 1.54) is 0 Å². The molecule has 0 spiro atoms. The zero-order valence-electron chi connectivity index (χ0n) is 15.7. The number of nitrogens with one attached hydrogen (secondary N) is 1. The van der Waals surface area contributed by atoms with Crippen LogP contribution in [0.1, 0.15) is 26.2 Å². The minimum Gasteiger partial charge on any atom is -0.497 e. The Morgan fingerprint density at radius 2 is 2.08 bits per heavy atom. The summed E-state index contributed by atoms with van der Waals surface area (Å²) in [6.07, 6.45) is 2.13. The standard InChI is InChI=1S/C19H28N2O5/c1-4-26-19(23)14-6-5-10-21(13-14)11-9-18(22)20-16-12-15(24-2)7-8-17(16)25-3/h7-8,12,14H,4-6,9-11,13H2,1-3H3,(H,20,22)/t14-/m1/s1. The molecular weight excluding hydrogens is 336 g/mol. The number of piperidine rings is 1. The van der Waals surface area contributed by atoms with Gasteiger partial charge in [-0.25, -0.2) is 0 Å². The van der Waals surface area contributed by atoms with Crippen molar-refractivity contribution in [3.8, 4) is 11.5 Å². The predicted molar refractivity (Wildman–Crippen MR) is 98.6 cm³/mol. The van der Waals surface area contributed by atoms with E-state index in [-0.39, 0.29) is 17.8 Å². The molecule has 1 aromatic rings. The number of carbonyl (C=O) groups excluding carboxylic acids is 2. The summed E-state index contributed by atoms with van der Waals surface area (Å²) in [5.41, 5.74) is 0.583. The molecule has 1 heterocycles. The maximum atomic E-state index is 12.3. The minimum atomic E-state index is -0.136. The van der Waals surface area contributed by atoms with Crippen LogP contribution in [-0.2, 0) is 14.3 Å². The van der Waals surface area contributed by atoms with Crippen molar-refractivity contribution in [2.75, 3.05) is 45.8 Å². The summed E-state index contributed by atoms with van der Waals surface area (Å²) in [4.78, 5) is 26.4. The van der Waals surface area contributed by atoms with E-state index in [2.05, 4.69) is 10.2 Å². The molecule has 1 amide bonds. The van der Waals surface area contributed by atoms with Crippen LogP contribution in [0, 0.1) is 5.92 Å². The van der Waals surface area contributed by atoms with Gasteiger partial charge in [-0.3, -0.25) is 9.59 Å². The van der Waals surface area contributed by atoms with Crippen molar-refractivity contribution >= 4 is 17.6 Å². The lowest BCUT2D eigenvalue weighted by atomic mass is 9.98. The molecule has 0 saturated carbocycles. The number of hydrogen-bond acceptors (Lipinski definition) is 6. The summed E-state index contributed by atoms with van der Waals surface area (Å²) in [5, 5.41) is 2.87. The molecule has 7 nitrogen and oxygen atoms in total. The molecule has 1 aromatic carbocycles. The third kappa shape index (κ3) is 5.62. The maximum Gasteiger partial charge on any atom is 0.310 e. The van der Waals surface area contributed by atoms with Crippen LogP contribution in [0.2, 0.25) is 0 Å². The molecule has 1 aliphatic rings. The largest absolute Gasteiger partial charge is 0.497 e. The first-order valence-corrected chi connectivity index (χ1v) is 8.98. The molecule has 1 atom stereocenters. The van der Waals surface area contributed by atoms with E-state index in [4.69, 9.17) is 14.2 Å². The lowest BCUT2D eigenvalue weighted by molar-refractivity contribution is -0.149. The number of ether oxygens (including phenoxy) is 3.